The molecular formula is C35H36ClN5O5S. The number of thiophene rings is 1. The Hall–Kier alpha value is -4.61. The minimum atomic E-state index is -0.588. The number of benzene rings is 2. The molecule has 1 atom stereocenters. The average molecular weight is 674 g/mol. The Morgan fingerprint density at radius 1 is 1.02 bits per heavy atom. The molecule has 5 aromatic rings. The molecule has 4 heterocycles. The van der Waals surface area contributed by atoms with Gasteiger partial charge in [0.1, 0.15) is 39.9 Å². The number of imidazole rings is 1. The number of rotatable bonds is 10. The topological polar surface area (TPSA) is 122 Å². The van der Waals surface area contributed by atoms with Crippen LogP contribution in [-0.4, -0.2) is 57.2 Å². The standard InChI is InChI=1S/C35H36ClN5O5S/c1-21(2)19-44-35(43)40-15-11-25(12-16-40)46-29-6-4-5-26(32(29)36)22(3)45-30-18-31(47-33(30)34(37)42)41-20-39-27-17-24(7-8-28(27)41)23-9-13-38-14-10-23/h4-10,13-14,17-18,20-22,25H,11-12,15-16,19H2,1-3H3,(H2,37,42)/t22-/m1/s1. The van der Waals surface area contributed by atoms with Crippen LogP contribution in [0.2, 0.25) is 5.02 Å². The van der Waals surface area contributed by atoms with Crippen LogP contribution in [0.5, 0.6) is 11.5 Å². The zero-order valence-electron chi connectivity index (χ0n) is 26.4. The van der Waals surface area contributed by atoms with E-state index >= 15 is 0 Å². The summed E-state index contributed by atoms with van der Waals surface area (Å²) in [5.74, 6) is 0.599. The number of amides is 2. The van der Waals surface area contributed by atoms with Crippen molar-refractivity contribution in [2.75, 3.05) is 19.7 Å². The summed E-state index contributed by atoms with van der Waals surface area (Å²) in [5.41, 5.74) is 10.3. The molecule has 0 saturated carbocycles. The van der Waals surface area contributed by atoms with Gasteiger partial charge in [-0.05, 0) is 54.3 Å². The highest BCUT2D eigenvalue weighted by molar-refractivity contribution is 7.16. The van der Waals surface area contributed by atoms with Crippen molar-refractivity contribution in [3.8, 4) is 27.6 Å². The lowest BCUT2D eigenvalue weighted by molar-refractivity contribution is 0.0617. The van der Waals surface area contributed by atoms with Gasteiger partial charge in [0.25, 0.3) is 5.91 Å². The first-order valence-electron chi connectivity index (χ1n) is 15.5. The number of pyridine rings is 1. The summed E-state index contributed by atoms with van der Waals surface area (Å²) in [4.78, 5) is 35.6. The number of hydrogen-bond donors (Lipinski definition) is 1. The molecule has 0 unspecified atom stereocenters. The summed E-state index contributed by atoms with van der Waals surface area (Å²) < 4.78 is 19.9. The fourth-order valence-electron chi connectivity index (χ4n) is 5.50. The predicted molar refractivity (Wildman–Crippen MR) is 183 cm³/mol. The molecule has 2 amide bonds. The van der Waals surface area contributed by atoms with Crippen molar-refractivity contribution in [1.29, 1.82) is 0 Å². The van der Waals surface area contributed by atoms with Crippen molar-refractivity contribution in [2.24, 2.45) is 11.7 Å². The Labute approximate surface area is 282 Å². The van der Waals surface area contributed by atoms with Gasteiger partial charge in [0.2, 0.25) is 0 Å². The van der Waals surface area contributed by atoms with Crippen LogP contribution in [0.1, 0.15) is 55.0 Å². The van der Waals surface area contributed by atoms with Gasteiger partial charge in [0, 0.05) is 50.0 Å². The molecule has 0 aliphatic carbocycles. The molecule has 1 aliphatic rings. The maximum Gasteiger partial charge on any atom is 0.409 e. The van der Waals surface area contributed by atoms with Crippen molar-refractivity contribution >= 4 is 46.0 Å². The third kappa shape index (κ3) is 7.21. The molecule has 244 valence electrons. The Bertz CT molecular complexity index is 1880. The summed E-state index contributed by atoms with van der Waals surface area (Å²) in [6.07, 6.45) is 5.66. The van der Waals surface area contributed by atoms with Crippen LogP contribution in [0.3, 0.4) is 0 Å². The number of primary amides is 1. The normalized spacial score (nSPS) is 14.4. The molecule has 2 aromatic carbocycles. The van der Waals surface area contributed by atoms with Crippen LogP contribution in [0.15, 0.2) is 73.3 Å². The number of hydrogen-bond acceptors (Lipinski definition) is 8. The smallest absolute Gasteiger partial charge is 0.409 e. The Morgan fingerprint density at radius 2 is 1.79 bits per heavy atom. The molecular weight excluding hydrogens is 638 g/mol. The van der Waals surface area contributed by atoms with Crippen LogP contribution >= 0.6 is 22.9 Å². The van der Waals surface area contributed by atoms with Crippen LogP contribution in [0.4, 0.5) is 4.79 Å². The van der Waals surface area contributed by atoms with E-state index in [0.29, 0.717) is 59.5 Å². The second-order valence-corrected chi connectivity index (χ2v) is 13.3. The summed E-state index contributed by atoms with van der Waals surface area (Å²) in [6.45, 7) is 7.38. The summed E-state index contributed by atoms with van der Waals surface area (Å²) in [6, 6.07) is 17.3. The van der Waals surface area contributed by atoms with Gasteiger partial charge in [-0.1, -0.05) is 43.6 Å². The number of ether oxygens (including phenoxy) is 3. The van der Waals surface area contributed by atoms with Crippen molar-refractivity contribution < 1.29 is 23.8 Å². The van der Waals surface area contributed by atoms with Crippen LogP contribution < -0.4 is 15.2 Å². The van der Waals surface area contributed by atoms with Gasteiger partial charge in [-0.3, -0.25) is 14.3 Å². The molecule has 0 bridgehead atoms. The SMILES string of the molecule is CC(C)COC(=O)N1CCC(Oc2cccc([C@@H](C)Oc3cc(-n4cnc5cc(-c6ccncc6)ccc54)sc3C(N)=O)c2Cl)CC1. The Kier molecular flexibility index (Phi) is 9.65. The van der Waals surface area contributed by atoms with Crippen LogP contribution in [-0.2, 0) is 4.74 Å². The number of likely N-dealkylation sites (tertiary alicyclic amines) is 1. The fourth-order valence-corrected chi connectivity index (χ4v) is 6.76. The van der Waals surface area contributed by atoms with Crippen molar-refractivity contribution in [3.63, 3.8) is 0 Å². The highest BCUT2D eigenvalue weighted by Gasteiger charge is 2.27. The highest BCUT2D eigenvalue weighted by atomic mass is 35.5. The highest BCUT2D eigenvalue weighted by Crippen LogP contribution is 2.39. The molecule has 0 spiro atoms. The van der Waals surface area contributed by atoms with Gasteiger partial charge < -0.3 is 24.8 Å². The van der Waals surface area contributed by atoms with E-state index in [9.17, 15) is 9.59 Å². The van der Waals surface area contributed by atoms with E-state index in [1.165, 1.54) is 11.3 Å². The number of carbonyl (C=O) groups is 2. The zero-order chi connectivity index (χ0) is 33.1. The molecule has 12 heteroatoms. The summed E-state index contributed by atoms with van der Waals surface area (Å²) >= 11 is 8.09. The first-order valence-corrected chi connectivity index (χ1v) is 16.7. The molecule has 2 N–H and O–H groups in total. The van der Waals surface area contributed by atoms with E-state index in [2.05, 4.69) is 9.97 Å². The Balaban J connectivity index is 1.16. The lowest BCUT2D eigenvalue weighted by atomic mass is 10.1. The van der Waals surface area contributed by atoms with Crippen LogP contribution in [0, 0.1) is 5.92 Å². The molecule has 1 aliphatic heterocycles. The summed E-state index contributed by atoms with van der Waals surface area (Å²) in [5, 5.41) is 1.17. The number of piperidine rings is 1. The molecule has 0 radical (unpaired) electrons. The third-order valence-corrected chi connectivity index (χ3v) is 9.51. The lowest BCUT2D eigenvalue weighted by Crippen LogP contribution is -2.42. The second kappa shape index (κ2) is 14.0. The minimum absolute atomic E-state index is 0.0974. The lowest BCUT2D eigenvalue weighted by Gasteiger charge is -2.32. The molecule has 1 fully saturated rings. The van der Waals surface area contributed by atoms with E-state index in [4.69, 9.17) is 31.5 Å². The van der Waals surface area contributed by atoms with E-state index in [1.807, 2.05) is 73.9 Å². The molecule has 1 saturated heterocycles. The number of carbonyl (C=O) groups excluding carboxylic acids is 2. The monoisotopic (exact) mass is 673 g/mol. The number of nitrogens with zero attached hydrogens (tertiary/aromatic N) is 4. The van der Waals surface area contributed by atoms with Crippen molar-refractivity contribution in [3.05, 3.63) is 88.8 Å². The van der Waals surface area contributed by atoms with Gasteiger partial charge in [0.05, 0.1) is 22.7 Å². The Morgan fingerprint density at radius 3 is 2.51 bits per heavy atom. The molecule has 47 heavy (non-hydrogen) atoms. The third-order valence-electron chi connectivity index (χ3n) is 7.98. The number of nitrogens with two attached hydrogens (primary N) is 1. The molecule has 6 rings (SSSR count). The molecule has 3 aromatic heterocycles. The summed E-state index contributed by atoms with van der Waals surface area (Å²) in [7, 11) is 0. The maximum atomic E-state index is 12.5. The average Bonchev–Trinajstić information content (AvgIpc) is 3.69. The van der Waals surface area contributed by atoms with Crippen LogP contribution in [0.25, 0.3) is 27.2 Å². The number of aromatic nitrogens is 3. The van der Waals surface area contributed by atoms with E-state index in [-0.39, 0.29) is 18.1 Å². The van der Waals surface area contributed by atoms with E-state index < -0.39 is 12.0 Å². The maximum absolute atomic E-state index is 12.5. The first kappa shape index (κ1) is 32.3. The molecule has 10 nitrogen and oxygen atoms in total. The fraction of sp³-hybridized carbons (Fsp3) is 0.314. The minimum Gasteiger partial charge on any atom is -0.489 e. The second-order valence-electron chi connectivity index (χ2n) is 11.9. The number of halogens is 1. The zero-order valence-corrected chi connectivity index (χ0v) is 28.0. The van der Waals surface area contributed by atoms with Gasteiger partial charge >= 0.3 is 6.09 Å². The largest absolute Gasteiger partial charge is 0.489 e. The van der Waals surface area contributed by atoms with Crippen molar-refractivity contribution in [2.45, 2.75) is 45.8 Å². The van der Waals surface area contributed by atoms with Crippen molar-refractivity contribution in [1.82, 2.24) is 19.4 Å². The van der Waals surface area contributed by atoms with Gasteiger partial charge in [0.15, 0.2) is 0 Å². The predicted octanol–water partition coefficient (Wildman–Crippen LogP) is 7.68. The first-order chi connectivity index (χ1) is 22.7. The quantitative estimate of drug-likeness (QED) is 0.161. The van der Waals surface area contributed by atoms with E-state index in [1.54, 1.807) is 29.7 Å². The van der Waals surface area contributed by atoms with Gasteiger partial charge in [-0.25, -0.2) is 9.78 Å². The van der Waals surface area contributed by atoms with E-state index in [0.717, 1.165) is 27.2 Å². The van der Waals surface area contributed by atoms with Gasteiger partial charge in [-0.2, -0.15) is 0 Å². The van der Waals surface area contributed by atoms with Gasteiger partial charge in [-0.15, -0.1) is 11.3 Å². The number of fused-ring (bicyclic) bond motifs is 1.